The molecule has 0 aromatic heterocycles. The second kappa shape index (κ2) is 32.0. The zero-order valence-electron chi connectivity index (χ0n) is 52.4. The van der Waals surface area contributed by atoms with Gasteiger partial charge in [0, 0.05) is 17.9 Å². The van der Waals surface area contributed by atoms with Crippen LogP contribution in [0.15, 0.2) is 94.9 Å². The second-order valence-corrected chi connectivity index (χ2v) is 24.5. The summed E-state index contributed by atoms with van der Waals surface area (Å²) in [5, 5.41) is 149. The summed E-state index contributed by atoms with van der Waals surface area (Å²) in [6.45, 7) is -3.73. The van der Waals surface area contributed by atoms with Crippen molar-refractivity contribution in [1.82, 2.24) is 42.1 Å². The molecule has 26 atom stereocenters. The minimum Gasteiger partial charge on any atom is -0.462 e. The van der Waals surface area contributed by atoms with Crippen molar-refractivity contribution < 1.29 is 123 Å². The van der Waals surface area contributed by atoms with E-state index in [1.807, 2.05) is 0 Å². The number of nitrogens with two attached hydrogens (primary N) is 2. The highest BCUT2D eigenvalue weighted by atomic mass is 16.8. The van der Waals surface area contributed by atoms with Gasteiger partial charge in [0.15, 0.2) is 30.7 Å². The van der Waals surface area contributed by atoms with E-state index >= 15 is 9.59 Å². The fraction of sp³-hybridized carbons (Fsp3) is 0.574. The number of nitrogens with zero attached hydrogens (tertiary/aromatic N) is 3. The van der Waals surface area contributed by atoms with Crippen LogP contribution in [0.25, 0.3) is 0 Å². The molecule has 37 heteroatoms. The molecule has 23 N–H and O–H groups in total. The molecule has 0 spiro atoms. The van der Waals surface area contributed by atoms with Crippen LogP contribution in [-0.4, -0.2) is 306 Å². The SMILES string of the molecule is CC(c1ccccc1)C1NC(=O)CNC(=O)C(CO)NC(=O)C(C(O)C2CN=C(N)N2C2OC(CO)C(O)C(O)C2O)NC(=O)C(C(O)C2CN=C(N)N2)NC(=O)C(Cc2ccc(OC3OC(CO)C(OC4OC(CO)C(O)C5OC(c6ccccc6)OC45)C(O)C3O)cc2)NC1=O. The predicted octanol–water partition coefficient (Wildman–Crippen LogP) is -10.9. The first-order chi connectivity index (χ1) is 46.9. The number of guanidine groups is 2. The third-order valence-corrected chi connectivity index (χ3v) is 18.1. The number of benzene rings is 3. The highest BCUT2D eigenvalue weighted by molar-refractivity contribution is 5.98. The Hall–Kier alpha value is -7.90. The average Bonchev–Trinajstić information content (AvgIpc) is 1.70. The number of aliphatic hydroxyl groups is 12. The molecule has 5 saturated heterocycles. The van der Waals surface area contributed by atoms with Gasteiger partial charge in [0.2, 0.25) is 41.7 Å². The molecule has 98 heavy (non-hydrogen) atoms. The van der Waals surface area contributed by atoms with Gasteiger partial charge in [-0.1, -0.05) is 79.7 Å². The van der Waals surface area contributed by atoms with E-state index in [1.54, 1.807) is 67.6 Å². The van der Waals surface area contributed by atoms with Gasteiger partial charge < -0.3 is 148 Å². The highest BCUT2D eigenvalue weighted by Crippen LogP contribution is 2.41. The van der Waals surface area contributed by atoms with Gasteiger partial charge in [-0.3, -0.25) is 38.8 Å². The monoisotopic (exact) mass is 1380 g/mol. The highest BCUT2D eigenvalue weighted by Gasteiger charge is 2.57. The van der Waals surface area contributed by atoms with Gasteiger partial charge >= 0.3 is 0 Å². The van der Waals surface area contributed by atoms with Crippen LogP contribution in [0.3, 0.4) is 0 Å². The number of amides is 6. The molecule has 26 unspecified atom stereocenters. The van der Waals surface area contributed by atoms with Crippen LogP contribution in [-0.2, 0) is 63.6 Å². The van der Waals surface area contributed by atoms with Crippen LogP contribution in [0.4, 0.5) is 0 Å². The van der Waals surface area contributed by atoms with Crippen molar-refractivity contribution in [2.24, 2.45) is 21.5 Å². The Balaban J connectivity index is 0.926. The molecule has 37 nitrogen and oxygen atoms in total. The lowest BCUT2D eigenvalue weighted by Gasteiger charge is -2.46. The van der Waals surface area contributed by atoms with Gasteiger partial charge in [0.1, 0.15) is 121 Å². The van der Waals surface area contributed by atoms with Crippen molar-refractivity contribution in [3.05, 3.63) is 102 Å². The number of nitrogens with one attached hydrogen (secondary N) is 7. The molecule has 7 aliphatic heterocycles. The molecule has 0 aliphatic carbocycles. The van der Waals surface area contributed by atoms with Gasteiger partial charge in [0.05, 0.1) is 58.1 Å². The van der Waals surface area contributed by atoms with Crippen molar-refractivity contribution >= 4 is 47.4 Å². The van der Waals surface area contributed by atoms with Crippen LogP contribution in [0, 0.1) is 0 Å². The van der Waals surface area contributed by atoms with Crippen LogP contribution < -0.4 is 53.4 Å². The average molecular weight is 1380 g/mol. The number of aliphatic hydroxyl groups excluding tert-OH is 12. The lowest BCUT2D eigenvalue weighted by Crippen LogP contribution is -2.70. The summed E-state index contributed by atoms with van der Waals surface area (Å²) in [5.74, 6) is -8.88. The summed E-state index contributed by atoms with van der Waals surface area (Å²) in [4.78, 5) is 96.6. The molecule has 536 valence electrons. The molecule has 7 aliphatic rings. The van der Waals surface area contributed by atoms with Gasteiger partial charge in [-0.2, -0.15) is 0 Å². The summed E-state index contributed by atoms with van der Waals surface area (Å²) in [5.41, 5.74) is 13.5. The maximum absolute atomic E-state index is 15.2. The van der Waals surface area contributed by atoms with E-state index in [-0.39, 0.29) is 23.8 Å². The molecule has 7 heterocycles. The van der Waals surface area contributed by atoms with Crippen LogP contribution in [0.5, 0.6) is 5.75 Å². The van der Waals surface area contributed by atoms with Crippen molar-refractivity contribution in [3.8, 4) is 5.75 Å². The second-order valence-electron chi connectivity index (χ2n) is 24.5. The maximum atomic E-state index is 15.2. The maximum Gasteiger partial charge on any atom is 0.246 e. The fourth-order valence-corrected chi connectivity index (χ4v) is 12.6. The normalized spacial score (nSPS) is 37.0. The van der Waals surface area contributed by atoms with E-state index in [9.17, 15) is 80.5 Å². The lowest BCUT2D eigenvalue weighted by molar-refractivity contribution is -0.343. The Bertz CT molecular complexity index is 3310. The molecule has 0 saturated carbocycles. The van der Waals surface area contributed by atoms with Crippen molar-refractivity contribution in [2.45, 2.75) is 172 Å². The number of aliphatic imine (C=N–C) groups is 2. The van der Waals surface area contributed by atoms with Gasteiger partial charge in [-0.15, -0.1) is 0 Å². The molecule has 6 amide bonds. The molecule has 5 fully saturated rings. The number of hydrogen-bond donors (Lipinski definition) is 21. The zero-order chi connectivity index (χ0) is 70.4. The summed E-state index contributed by atoms with van der Waals surface area (Å²) in [6.07, 6.45) is -29.8. The Labute approximate surface area is 558 Å². The quantitative estimate of drug-likeness (QED) is 0.0562. The number of fused-ring (bicyclic) bond motifs is 1. The first kappa shape index (κ1) is 72.8. The number of rotatable bonds is 18. The first-order valence-electron chi connectivity index (χ1n) is 31.5. The minimum absolute atomic E-state index is 0.0350. The predicted molar refractivity (Wildman–Crippen MR) is 330 cm³/mol. The van der Waals surface area contributed by atoms with Gasteiger partial charge in [0.25, 0.3) is 0 Å². The number of hydrogen-bond acceptors (Lipinski definition) is 31. The summed E-state index contributed by atoms with van der Waals surface area (Å²) < 4.78 is 41.9. The van der Waals surface area contributed by atoms with Crippen molar-refractivity contribution in [3.63, 3.8) is 0 Å². The molecule has 3 aromatic rings. The largest absolute Gasteiger partial charge is 0.462 e. The molecular weight excluding hydrogens is 1300 g/mol. The van der Waals surface area contributed by atoms with Crippen LogP contribution in [0.2, 0.25) is 0 Å². The summed E-state index contributed by atoms with van der Waals surface area (Å²) in [7, 11) is 0. The molecular formula is C61H82N12O25. The Morgan fingerprint density at radius 2 is 1.16 bits per heavy atom. The standard InChI is InChI=1S/C61H82N12O25/c1-24(26-8-4-2-5-9-26)37-53(89)67-29(16-25-12-14-28(15-13-25)92-58-47(86)45(84)48(35(23-77)95-58)96-59-50-49(43(82)34(22-76)94-59)97-57(98-50)27-10-6-3-7-11-27)52(88)71-38(40(79)30-17-65-60(62)69-30)55(91)72-39(54(90)68-31(20-74)51(87)64-19-36(78)70-37)41(80)32-18-66-61(63)73(32)56-46(85)44(83)42(81)33(21-75)93-56/h2-15,24,29-35,37-50,56-59,74-77,79-86H,16-23H2,1H3,(H2,63,66)(H,64,87)(H,67,89)(H,68,90)(H,70,78)(H,71,88)(H,72,91)(H3,62,65,69). The van der Waals surface area contributed by atoms with Crippen LogP contribution in [0.1, 0.15) is 35.8 Å². The smallest absolute Gasteiger partial charge is 0.246 e. The zero-order valence-corrected chi connectivity index (χ0v) is 52.4. The molecule has 10 rings (SSSR count). The van der Waals surface area contributed by atoms with Crippen LogP contribution >= 0.6 is 0 Å². The Kier molecular flexibility index (Phi) is 23.8. The lowest BCUT2D eigenvalue weighted by atomic mass is 9.92. The van der Waals surface area contributed by atoms with Crippen molar-refractivity contribution in [2.75, 3.05) is 46.1 Å². The van der Waals surface area contributed by atoms with E-state index in [0.717, 1.165) is 4.90 Å². The third-order valence-electron chi connectivity index (χ3n) is 18.1. The number of carbonyl (C=O) groups is 6. The number of carbonyl (C=O) groups excluding carboxylic acids is 6. The van der Waals surface area contributed by atoms with E-state index in [4.69, 9.17) is 44.6 Å². The summed E-state index contributed by atoms with van der Waals surface area (Å²) >= 11 is 0. The fourth-order valence-electron chi connectivity index (χ4n) is 12.6. The van der Waals surface area contributed by atoms with Crippen molar-refractivity contribution in [1.29, 1.82) is 0 Å². The molecule has 3 aromatic carbocycles. The van der Waals surface area contributed by atoms with Gasteiger partial charge in [-0.25, -0.2) is 0 Å². The van der Waals surface area contributed by atoms with E-state index in [0.29, 0.717) is 11.1 Å². The Morgan fingerprint density at radius 3 is 1.82 bits per heavy atom. The Morgan fingerprint density at radius 1 is 0.561 bits per heavy atom. The topological polar surface area (TPSA) is 574 Å². The third kappa shape index (κ3) is 15.9. The van der Waals surface area contributed by atoms with E-state index in [1.165, 1.54) is 24.3 Å². The molecule has 0 bridgehead atoms. The van der Waals surface area contributed by atoms with Gasteiger partial charge in [-0.05, 0) is 23.3 Å². The first-order valence-corrected chi connectivity index (χ1v) is 31.5. The number of ether oxygens (including phenoxy) is 7. The molecule has 0 radical (unpaired) electrons. The minimum atomic E-state index is -2.34. The van der Waals surface area contributed by atoms with E-state index < -0.39 is 246 Å². The summed E-state index contributed by atoms with van der Waals surface area (Å²) in [6, 6.07) is 9.79. The van der Waals surface area contributed by atoms with E-state index in [2.05, 4.69) is 47.2 Å².